The Labute approximate surface area is 362 Å². The van der Waals surface area contributed by atoms with Crippen molar-refractivity contribution in [3.63, 3.8) is 0 Å². The van der Waals surface area contributed by atoms with Crippen LogP contribution in [-0.4, -0.2) is 0 Å². The van der Waals surface area contributed by atoms with Gasteiger partial charge in [0.2, 0.25) is 0 Å². The number of ether oxygens (including phenoxy) is 1. The number of hydrogen-bond acceptors (Lipinski definition) is 3. The number of benzene rings is 4. The third-order valence-electron chi connectivity index (χ3n) is 15.3. The van der Waals surface area contributed by atoms with E-state index in [1.54, 1.807) is 0 Å². The van der Waals surface area contributed by atoms with Crippen LogP contribution in [0, 0.1) is 12.8 Å². The predicted molar refractivity (Wildman–Crippen MR) is 255 cm³/mol. The number of allylic oxidation sites excluding steroid dienone is 4. The lowest BCUT2D eigenvalue weighted by Crippen LogP contribution is -2.34. The van der Waals surface area contributed by atoms with Crippen molar-refractivity contribution in [2.24, 2.45) is 5.92 Å². The molecule has 0 bridgehead atoms. The second-order valence-corrected chi connectivity index (χ2v) is 22.7. The van der Waals surface area contributed by atoms with Crippen molar-refractivity contribution in [3.05, 3.63) is 147 Å². The summed E-state index contributed by atoms with van der Waals surface area (Å²) in [7, 11) is 0. The van der Waals surface area contributed by atoms with Crippen LogP contribution in [0.4, 0.5) is 28.4 Å². The highest BCUT2D eigenvalue weighted by Crippen LogP contribution is 2.53. The van der Waals surface area contributed by atoms with Crippen molar-refractivity contribution >= 4 is 28.4 Å². The molecule has 0 radical (unpaired) electrons. The molecule has 4 aromatic carbocycles. The van der Waals surface area contributed by atoms with Gasteiger partial charge in [0.25, 0.3) is 0 Å². The fraction of sp³-hybridized carbons (Fsp3) is 0.474. The van der Waals surface area contributed by atoms with Crippen LogP contribution in [0.1, 0.15) is 167 Å². The first-order valence-corrected chi connectivity index (χ1v) is 23.2. The molecule has 1 unspecified atom stereocenters. The highest BCUT2D eigenvalue weighted by atomic mass is 16.5. The average molecular weight is 799 g/mol. The number of hydrogen-bond donors (Lipinski definition) is 0. The molecule has 1 atom stereocenters. The van der Waals surface area contributed by atoms with E-state index >= 15 is 0 Å². The zero-order valence-electron chi connectivity index (χ0n) is 38.9. The minimum absolute atomic E-state index is 0.0159. The Balaban J connectivity index is 1.27. The lowest BCUT2D eigenvalue weighted by Gasteiger charge is -2.43. The van der Waals surface area contributed by atoms with Crippen molar-refractivity contribution in [2.45, 2.75) is 168 Å². The second kappa shape index (κ2) is 14.3. The topological polar surface area (TPSA) is 15.7 Å². The van der Waals surface area contributed by atoms with E-state index in [1.165, 1.54) is 98.8 Å². The first-order chi connectivity index (χ1) is 28.2. The number of fused-ring (bicyclic) bond motifs is 4. The van der Waals surface area contributed by atoms with Crippen LogP contribution >= 0.6 is 0 Å². The molecule has 4 aliphatic carbocycles. The zero-order valence-corrected chi connectivity index (χ0v) is 38.9. The molecule has 0 spiro atoms. The van der Waals surface area contributed by atoms with Gasteiger partial charge in [-0.1, -0.05) is 107 Å². The molecule has 0 N–H and O–H groups in total. The average Bonchev–Trinajstić information content (AvgIpc) is 3.58. The maximum atomic E-state index is 6.95. The first kappa shape index (κ1) is 40.9. The van der Waals surface area contributed by atoms with Crippen LogP contribution in [0.15, 0.2) is 114 Å². The lowest BCUT2D eigenvalue weighted by atomic mass is 9.63. The van der Waals surface area contributed by atoms with Gasteiger partial charge in [-0.15, -0.1) is 0 Å². The Bertz CT molecular complexity index is 2380. The summed E-state index contributed by atoms with van der Waals surface area (Å²) in [5.74, 6) is 2.61. The fourth-order valence-corrected chi connectivity index (χ4v) is 11.3. The first-order valence-electron chi connectivity index (χ1n) is 23.2. The van der Waals surface area contributed by atoms with Gasteiger partial charge >= 0.3 is 0 Å². The normalized spacial score (nSPS) is 22.0. The standard InChI is InChI=1S/C57H70N2O/c1-37-31-42(34-43(32-37)59(39-18-15-17-38(33-39)53(2,3)4)50-21-16-20-45-44-19-13-14-22-51(44)60-52(45)50)58(40-23-25-46-48(35-40)56(9,10)29-27-54(46,5)6)41-24-26-47-49(36-41)57(11,12)30-28-55(47,7)8/h14-15,17-18,22-26,31-36,45H,13,16,19-21,27-30H2,1-12H3. The van der Waals surface area contributed by atoms with Gasteiger partial charge in [0, 0.05) is 34.4 Å². The Hall–Kier alpha value is -4.50. The van der Waals surface area contributed by atoms with Gasteiger partial charge in [-0.3, -0.25) is 0 Å². The molecule has 0 amide bonds. The number of nitrogens with zero attached hydrogens (tertiary/aromatic N) is 2. The van der Waals surface area contributed by atoms with E-state index in [9.17, 15) is 0 Å². The summed E-state index contributed by atoms with van der Waals surface area (Å²) in [5, 5.41) is 0. The molecule has 5 aliphatic rings. The van der Waals surface area contributed by atoms with Gasteiger partial charge < -0.3 is 14.5 Å². The highest BCUT2D eigenvalue weighted by molar-refractivity contribution is 5.83. The van der Waals surface area contributed by atoms with Crippen molar-refractivity contribution < 1.29 is 4.74 Å². The zero-order chi connectivity index (χ0) is 42.6. The molecule has 0 fully saturated rings. The van der Waals surface area contributed by atoms with Crippen LogP contribution in [0.5, 0.6) is 0 Å². The third-order valence-corrected chi connectivity index (χ3v) is 15.3. The van der Waals surface area contributed by atoms with Gasteiger partial charge in [-0.05, 0) is 191 Å². The van der Waals surface area contributed by atoms with Crippen LogP contribution in [0.25, 0.3) is 0 Å². The summed E-state index contributed by atoms with van der Waals surface area (Å²) < 4.78 is 6.95. The number of aryl methyl sites for hydroxylation is 1. The lowest BCUT2D eigenvalue weighted by molar-refractivity contribution is 0.294. The summed E-state index contributed by atoms with van der Waals surface area (Å²) in [6.07, 6.45) is 14.8. The second-order valence-electron chi connectivity index (χ2n) is 22.7. The van der Waals surface area contributed by atoms with Crippen molar-refractivity contribution in [1.82, 2.24) is 0 Å². The number of anilines is 5. The van der Waals surface area contributed by atoms with Gasteiger partial charge in [-0.25, -0.2) is 0 Å². The largest absolute Gasteiger partial charge is 0.459 e. The van der Waals surface area contributed by atoms with E-state index < -0.39 is 0 Å². The van der Waals surface area contributed by atoms with Crippen LogP contribution in [0.3, 0.4) is 0 Å². The van der Waals surface area contributed by atoms with Crippen molar-refractivity contribution in [1.29, 1.82) is 0 Å². The molecule has 9 rings (SSSR count). The van der Waals surface area contributed by atoms with Crippen molar-refractivity contribution in [3.8, 4) is 0 Å². The van der Waals surface area contributed by atoms with Gasteiger partial charge in [0.1, 0.15) is 11.5 Å². The Morgan fingerprint density at radius 1 is 0.583 bits per heavy atom. The van der Waals surface area contributed by atoms with E-state index in [4.69, 9.17) is 4.74 Å². The SMILES string of the molecule is Cc1cc(N(C2=C3OC4=C(CCC=C4)C3CCC2)c2cccc(C(C)(C)C)c2)cc(N(c2ccc3c(c2)C(C)(C)CCC3(C)C)c2ccc3c(c2)C(C)(C)CCC3(C)C)c1. The molecule has 0 saturated carbocycles. The molecular formula is C57H70N2O. The van der Waals surface area contributed by atoms with Crippen LogP contribution < -0.4 is 9.80 Å². The third kappa shape index (κ3) is 7.06. The Kier molecular flexibility index (Phi) is 9.73. The summed E-state index contributed by atoms with van der Waals surface area (Å²) in [4.78, 5) is 5.15. The maximum absolute atomic E-state index is 6.95. The minimum Gasteiger partial charge on any atom is -0.459 e. The molecule has 314 valence electrons. The molecule has 1 aliphatic heterocycles. The molecule has 0 aromatic heterocycles. The highest BCUT2D eigenvalue weighted by Gasteiger charge is 2.41. The molecule has 3 heteroatoms. The van der Waals surface area contributed by atoms with Crippen molar-refractivity contribution in [2.75, 3.05) is 9.80 Å². The summed E-state index contributed by atoms with van der Waals surface area (Å²) >= 11 is 0. The quantitative estimate of drug-likeness (QED) is 0.193. The maximum Gasteiger partial charge on any atom is 0.131 e. The Morgan fingerprint density at radius 2 is 1.13 bits per heavy atom. The van der Waals surface area contributed by atoms with E-state index in [2.05, 4.69) is 184 Å². The Morgan fingerprint density at radius 3 is 1.72 bits per heavy atom. The monoisotopic (exact) mass is 799 g/mol. The van der Waals surface area contributed by atoms with E-state index in [1.807, 2.05) is 0 Å². The molecular weight excluding hydrogens is 729 g/mol. The van der Waals surface area contributed by atoms with Crippen LogP contribution in [-0.2, 0) is 31.8 Å². The minimum atomic E-state index is 0.0159. The van der Waals surface area contributed by atoms with Gasteiger partial charge in [0.05, 0.1) is 5.70 Å². The summed E-state index contributed by atoms with van der Waals surface area (Å²) in [6.45, 7) is 28.8. The predicted octanol–water partition coefficient (Wildman–Crippen LogP) is 16.2. The molecule has 0 saturated heterocycles. The smallest absolute Gasteiger partial charge is 0.131 e. The summed E-state index contributed by atoms with van der Waals surface area (Å²) in [6, 6.07) is 31.4. The molecule has 60 heavy (non-hydrogen) atoms. The molecule has 4 aromatic rings. The number of rotatable bonds is 6. The van der Waals surface area contributed by atoms with Crippen LogP contribution in [0.2, 0.25) is 0 Å². The summed E-state index contributed by atoms with van der Waals surface area (Å²) in [5.41, 5.74) is 17.9. The molecule has 1 heterocycles. The van der Waals surface area contributed by atoms with E-state index in [0.29, 0.717) is 5.92 Å². The van der Waals surface area contributed by atoms with E-state index in [0.717, 1.165) is 43.6 Å². The fourth-order valence-electron chi connectivity index (χ4n) is 11.3. The molecule has 3 nitrogen and oxygen atoms in total. The van der Waals surface area contributed by atoms with E-state index in [-0.39, 0.29) is 27.1 Å². The van der Waals surface area contributed by atoms with Gasteiger partial charge in [-0.2, -0.15) is 0 Å². The van der Waals surface area contributed by atoms with Gasteiger partial charge in [0.15, 0.2) is 0 Å².